The first kappa shape index (κ1) is 11.2. The van der Waals surface area contributed by atoms with Gasteiger partial charge in [0.1, 0.15) is 0 Å². The van der Waals surface area contributed by atoms with Crippen molar-refractivity contribution in [2.75, 3.05) is 0 Å². The SMILES string of the molecule is Cc1nc(/N=N/C2(O)C=CC=CC2)sc1C. The lowest BCUT2D eigenvalue weighted by Crippen LogP contribution is -2.22. The summed E-state index contributed by atoms with van der Waals surface area (Å²) >= 11 is 1.48. The third-order valence-electron chi connectivity index (χ3n) is 2.35. The number of allylic oxidation sites excluding steroid dienone is 2. The van der Waals surface area contributed by atoms with Crippen LogP contribution in [0.5, 0.6) is 0 Å². The van der Waals surface area contributed by atoms with E-state index in [0.717, 1.165) is 10.6 Å². The Kier molecular flexibility index (Phi) is 2.98. The molecular formula is C11H13N3OS. The van der Waals surface area contributed by atoms with Gasteiger partial charge in [0.25, 0.3) is 0 Å². The van der Waals surface area contributed by atoms with Crippen molar-refractivity contribution in [3.63, 3.8) is 0 Å². The maximum absolute atomic E-state index is 9.99. The number of aryl methyl sites for hydroxylation is 2. The zero-order valence-corrected chi connectivity index (χ0v) is 10.0. The number of hydrogen-bond donors (Lipinski definition) is 1. The highest BCUT2D eigenvalue weighted by Crippen LogP contribution is 2.27. The molecule has 1 unspecified atom stereocenters. The summed E-state index contributed by atoms with van der Waals surface area (Å²) in [5, 5.41) is 18.5. The molecule has 0 aliphatic heterocycles. The van der Waals surface area contributed by atoms with Gasteiger partial charge in [0.2, 0.25) is 5.13 Å². The van der Waals surface area contributed by atoms with Crippen LogP contribution in [0.4, 0.5) is 5.13 Å². The Morgan fingerprint density at radius 2 is 2.25 bits per heavy atom. The van der Waals surface area contributed by atoms with Crippen molar-refractivity contribution in [1.82, 2.24) is 4.98 Å². The zero-order valence-electron chi connectivity index (χ0n) is 9.21. The monoisotopic (exact) mass is 235 g/mol. The Hall–Kier alpha value is -1.33. The van der Waals surface area contributed by atoms with Crippen LogP contribution in [0, 0.1) is 13.8 Å². The summed E-state index contributed by atoms with van der Waals surface area (Å²) < 4.78 is 0. The van der Waals surface area contributed by atoms with Crippen molar-refractivity contribution in [2.24, 2.45) is 10.2 Å². The second kappa shape index (κ2) is 4.27. The van der Waals surface area contributed by atoms with Gasteiger partial charge in [0.15, 0.2) is 5.72 Å². The van der Waals surface area contributed by atoms with Crippen LogP contribution >= 0.6 is 11.3 Å². The van der Waals surface area contributed by atoms with Gasteiger partial charge in [0.05, 0.1) is 5.69 Å². The van der Waals surface area contributed by atoms with E-state index >= 15 is 0 Å². The third kappa shape index (κ3) is 2.43. The summed E-state index contributed by atoms with van der Waals surface area (Å²) in [7, 11) is 0. The van der Waals surface area contributed by atoms with Crippen LogP contribution in [-0.2, 0) is 0 Å². The average Bonchev–Trinajstić information content (AvgIpc) is 2.57. The van der Waals surface area contributed by atoms with E-state index in [0.29, 0.717) is 11.6 Å². The van der Waals surface area contributed by atoms with Crippen molar-refractivity contribution in [1.29, 1.82) is 0 Å². The molecule has 0 aromatic carbocycles. The molecule has 1 atom stereocenters. The van der Waals surface area contributed by atoms with Crippen molar-refractivity contribution >= 4 is 16.5 Å². The standard InChI is InChI=1S/C11H13N3OS/c1-8-9(2)16-10(12-8)13-14-11(15)6-4-3-5-7-11/h3-6,15H,7H2,1-2H3/b14-13+. The molecule has 2 rings (SSSR count). The Morgan fingerprint density at radius 1 is 1.44 bits per heavy atom. The fraction of sp³-hybridized carbons (Fsp3) is 0.364. The molecule has 1 aliphatic rings. The molecule has 0 radical (unpaired) electrons. The number of thiazole rings is 1. The highest BCUT2D eigenvalue weighted by atomic mass is 32.1. The molecule has 0 bridgehead atoms. The molecule has 0 amide bonds. The van der Waals surface area contributed by atoms with E-state index in [1.165, 1.54) is 11.3 Å². The molecule has 1 heterocycles. The van der Waals surface area contributed by atoms with Crippen LogP contribution in [0.3, 0.4) is 0 Å². The van der Waals surface area contributed by atoms with E-state index in [1.807, 2.05) is 26.0 Å². The van der Waals surface area contributed by atoms with Gasteiger partial charge in [-0.3, -0.25) is 0 Å². The van der Waals surface area contributed by atoms with E-state index in [1.54, 1.807) is 12.2 Å². The van der Waals surface area contributed by atoms with Crippen molar-refractivity contribution in [2.45, 2.75) is 26.0 Å². The predicted molar refractivity (Wildman–Crippen MR) is 64.0 cm³/mol. The highest BCUT2D eigenvalue weighted by Gasteiger charge is 2.22. The Morgan fingerprint density at radius 3 is 2.81 bits per heavy atom. The average molecular weight is 235 g/mol. The Balaban J connectivity index is 2.15. The normalized spacial score (nSPS) is 24.4. The molecule has 1 aromatic rings. The van der Waals surface area contributed by atoms with Gasteiger partial charge in [-0.1, -0.05) is 29.6 Å². The van der Waals surface area contributed by atoms with Crippen LogP contribution in [0.1, 0.15) is 17.0 Å². The van der Waals surface area contributed by atoms with Gasteiger partial charge in [-0.25, -0.2) is 4.98 Å². The van der Waals surface area contributed by atoms with Gasteiger partial charge in [-0.15, -0.1) is 10.2 Å². The summed E-state index contributed by atoms with van der Waals surface area (Å²) in [6.45, 7) is 3.92. The molecule has 1 N–H and O–H groups in total. The third-order valence-corrected chi connectivity index (χ3v) is 3.31. The number of nitrogens with zero attached hydrogens (tertiary/aromatic N) is 3. The van der Waals surface area contributed by atoms with E-state index in [9.17, 15) is 5.11 Å². The van der Waals surface area contributed by atoms with E-state index in [-0.39, 0.29) is 0 Å². The van der Waals surface area contributed by atoms with Crippen molar-refractivity contribution < 1.29 is 5.11 Å². The first-order valence-electron chi connectivity index (χ1n) is 5.03. The van der Waals surface area contributed by atoms with Crippen LogP contribution in [0.15, 0.2) is 34.5 Å². The minimum Gasteiger partial charge on any atom is -0.364 e. The molecule has 1 aliphatic carbocycles. The molecule has 84 valence electrons. The van der Waals surface area contributed by atoms with E-state index in [2.05, 4.69) is 15.2 Å². The van der Waals surface area contributed by atoms with Gasteiger partial charge in [0, 0.05) is 11.3 Å². The van der Waals surface area contributed by atoms with Crippen molar-refractivity contribution in [3.05, 3.63) is 34.9 Å². The molecule has 16 heavy (non-hydrogen) atoms. The Labute approximate surface area is 98.1 Å². The second-order valence-electron chi connectivity index (χ2n) is 3.71. The quantitative estimate of drug-likeness (QED) is 0.801. The summed E-state index contributed by atoms with van der Waals surface area (Å²) in [6.07, 6.45) is 7.58. The minimum absolute atomic E-state index is 0.455. The lowest BCUT2D eigenvalue weighted by Gasteiger charge is -2.17. The Bertz CT molecular complexity index is 456. The lowest BCUT2D eigenvalue weighted by atomic mass is 10.1. The predicted octanol–water partition coefficient (Wildman–Crippen LogP) is 3.05. The number of hydrogen-bond acceptors (Lipinski definition) is 5. The first-order chi connectivity index (χ1) is 7.59. The van der Waals surface area contributed by atoms with Crippen molar-refractivity contribution in [3.8, 4) is 0 Å². The summed E-state index contributed by atoms with van der Waals surface area (Å²) in [5.41, 5.74) is -0.243. The molecule has 0 saturated carbocycles. The number of azo groups is 1. The molecule has 0 spiro atoms. The second-order valence-corrected chi connectivity index (χ2v) is 4.89. The van der Waals surface area contributed by atoms with Gasteiger partial charge < -0.3 is 5.11 Å². The van der Waals surface area contributed by atoms with E-state index < -0.39 is 5.72 Å². The molecule has 5 heteroatoms. The minimum atomic E-state index is -1.21. The summed E-state index contributed by atoms with van der Waals surface area (Å²) in [4.78, 5) is 5.36. The van der Waals surface area contributed by atoms with Crippen LogP contribution < -0.4 is 0 Å². The maximum Gasteiger partial charge on any atom is 0.230 e. The van der Waals surface area contributed by atoms with Gasteiger partial charge in [-0.2, -0.15) is 0 Å². The van der Waals surface area contributed by atoms with Crippen LogP contribution in [0.2, 0.25) is 0 Å². The maximum atomic E-state index is 9.99. The number of aliphatic hydroxyl groups is 1. The fourth-order valence-corrected chi connectivity index (χ4v) is 2.03. The summed E-state index contributed by atoms with van der Waals surface area (Å²) in [6, 6.07) is 0. The number of aromatic nitrogens is 1. The van der Waals surface area contributed by atoms with Crippen LogP contribution in [0.25, 0.3) is 0 Å². The summed E-state index contributed by atoms with van der Waals surface area (Å²) in [5.74, 6) is 0. The zero-order chi connectivity index (χ0) is 11.6. The molecule has 1 aromatic heterocycles. The molecule has 4 nitrogen and oxygen atoms in total. The molecule has 0 fully saturated rings. The van der Waals surface area contributed by atoms with Gasteiger partial charge >= 0.3 is 0 Å². The lowest BCUT2D eigenvalue weighted by molar-refractivity contribution is 0.0955. The smallest absolute Gasteiger partial charge is 0.230 e. The van der Waals surface area contributed by atoms with Crippen LogP contribution in [-0.4, -0.2) is 15.8 Å². The highest BCUT2D eigenvalue weighted by molar-refractivity contribution is 7.15. The van der Waals surface area contributed by atoms with E-state index in [4.69, 9.17) is 0 Å². The molecular weight excluding hydrogens is 222 g/mol. The van der Waals surface area contributed by atoms with Gasteiger partial charge in [-0.05, 0) is 19.9 Å². The number of rotatable bonds is 2. The largest absolute Gasteiger partial charge is 0.364 e. The topological polar surface area (TPSA) is 57.8 Å². The first-order valence-corrected chi connectivity index (χ1v) is 5.84. The fourth-order valence-electron chi connectivity index (χ4n) is 1.30. The molecule has 0 saturated heterocycles.